The number of anilines is 1. The Morgan fingerprint density at radius 1 is 1.34 bits per heavy atom. The summed E-state index contributed by atoms with van der Waals surface area (Å²) in [6.07, 6.45) is 6.79. The molecule has 3 rings (SSSR count). The van der Waals surface area contributed by atoms with Crippen LogP contribution < -0.4 is 10.6 Å². The lowest BCUT2D eigenvalue weighted by molar-refractivity contribution is -0.140. The number of pyridine rings is 1. The number of hydrogen-bond donors (Lipinski definition) is 3. The molecule has 1 atom stereocenters. The molecule has 1 aromatic rings. The van der Waals surface area contributed by atoms with E-state index in [1.54, 1.807) is 7.05 Å². The number of fused-ring (bicyclic) bond motifs is 1. The summed E-state index contributed by atoms with van der Waals surface area (Å²) in [5, 5.41) is 15.4. The van der Waals surface area contributed by atoms with Crippen molar-refractivity contribution < 1.29 is 19.4 Å². The second-order valence-electron chi connectivity index (χ2n) is 10.1. The number of aromatic nitrogens is 1. The van der Waals surface area contributed by atoms with Crippen LogP contribution >= 0.6 is 0 Å². The van der Waals surface area contributed by atoms with Crippen LogP contribution in [0.3, 0.4) is 0 Å². The van der Waals surface area contributed by atoms with Crippen molar-refractivity contribution in [3.8, 4) is 0 Å². The van der Waals surface area contributed by atoms with E-state index in [4.69, 9.17) is 9.72 Å². The van der Waals surface area contributed by atoms with Gasteiger partial charge in [-0.1, -0.05) is 6.07 Å². The van der Waals surface area contributed by atoms with E-state index in [9.17, 15) is 14.7 Å². The van der Waals surface area contributed by atoms with Crippen molar-refractivity contribution in [2.75, 3.05) is 25.5 Å². The molecular formula is C24H38N4O4. The lowest BCUT2D eigenvalue weighted by Crippen LogP contribution is -2.52. The normalized spacial score (nSPS) is 21.0. The Morgan fingerprint density at radius 2 is 2.09 bits per heavy atom. The molecule has 2 amide bonds. The molecule has 32 heavy (non-hydrogen) atoms. The van der Waals surface area contributed by atoms with Gasteiger partial charge in [-0.15, -0.1) is 0 Å². The number of urea groups is 1. The molecule has 8 nitrogen and oxygen atoms in total. The smallest absolute Gasteiger partial charge is 0.326 e. The zero-order chi connectivity index (χ0) is 23.3. The summed E-state index contributed by atoms with van der Waals surface area (Å²) in [6.45, 7) is 7.03. The standard InChI is InChI=1S/C24H38N4O4/c1-24(2,3)28(4)23(31)27-20(22(29)30)11-13-32-19-14-16(15-19)7-9-18-10-8-17-6-5-12-25-21(17)26-18/h8,10,16,19-20H,5-7,9,11-15H2,1-4H3,(H,25,26)(H,27,31)(H,29,30)/t16-,19-,20?. The number of hydrogen-bond acceptors (Lipinski definition) is 5. The summed E-state index contributed by atoms with van der Waals surface area (Å²) in [4.78, 5) is 30.1. The van der Waals surface area contributed by atoms with Crippen molar-refractivity contribution in [2.24, 2.45) is 5.92 Å². The maximum atomic E-state index is 12.3. The molecule has 0 bridgehead atoms. The van der Waals surface area contributed by atoms with Crippen LogP contribution in [0.1, 0.15) is 64.1 Å². The molecule has 1 aliphatic carbocycles. The molecule has 3 N–H and O–H groups in total. The SMILES string of the molecule is CN(C(=O)NC(CCO[C@H]1C[C@H](CCc2ccc3c(n2)NCCC3)C1)C(=O)O)C(C)(C)C. The zero-order valence-corrected chi connectivity index (χ0v) is 19.8. The quantitative estimate of drug-likeness (QED) is 0.537. The number of rotatable bonds is 9. The van der Waals surface area contributed by atoms with E-state index in [-0.39, 0.29) is 24.1 Å². The predicted molar refractivity (Wildman–Crippen MR) is 124 cm³/mol. The van der Waals surface area contributed by atoms with Crippen molar-refractivity contribution in [1.29, 1.82) is 0 Å². The van der Waals surface area contributed by atoms with Crippen LogP contribution in [0.2, 0.25) is 0 Å². The van der Waals surface area contributed by atoms with E-state index in [0.29, 0.717) is 12.5 Å². The minimum absolute atomic E-state index is 0.181. The summed E-state index contributed by atoms with van der Waals surface area (Å²) < 4.78 is 5.87. The predicted octanol–water partition coefficient (Wildman–Crippen LogP) is 3.45. The minimum Gasteiger partial charge on any atom is -0.480 e. The summed E-state index contributed by atoms with van der Waals surface area (Å²) in [6, 6.07) is 3.01. The van der Waals surface area contributed by atoms with Crippen molar-refractivity contribution in [2.45, 2.75) is 83.4 Å². The van der Waals surface area contributed by atoms with Crippen LogP contribution in [0.5, 0.6) is 0 Å². The third-order valence-electron chi connectivity index (χ3n) is 6.62. The first kappa shape index (κ1) is 24.3. The molecule has 8 heteroatoms. The van der Waals surface area contributed by atoms with Crippen molar-refractivity contribution in [3.05, 3.63) is 23.4 Å². The van der Waals surface area contributed by atoms with E-state index in [1.165, 1.54) is 16.9 Å². The third kappa shape index (κ3) is 6.58. The second-order valence-corrected chi connectivity index (χ2v) is 10.1. The van der Waals surface area contributed by atoms with Gasteiger partial charge in [0.05, 0.1) is 6.10 Å². The van der Waals surface area contributed by atoms with Crippen LogP contribution in [0.4, 0.5) is 10.6 Å². The van der Waals surface area contributed by atoms with Gasteiger partial charge in [0.2, 0.25) is 0 Å². The molecular weight excluding hydrogens is 408 g/mol. The summed E-state index contributed by atoms with van der Waals surface area (Å²) in [7, 11) is 1.66. The van der Waals surface area contributed by atoms with Crippen molar-refractivity contribution in [3.63, 3.8) is 0 Å². The van der Waals surface area contributed by atoms with E-state index in [0.717, 1.165) is 50.2 Å². The molecule has 1 fully saturated rings. The maximum absolute atomic E-state index is 12.3. The molecule has 2 heterocycles. The van der Waals surface area contributed by atoms with Crippen LogP contribution in [0, 0.1) is 5.92 Å². The Labute approximate surface area is 191 Å². The fourth-order valence-corrected chi connectivity index (χ4v) is 4.07. The van der Waals surface area contributed by atoms with Gasteiger partial charge in [-0.25, -0.2) is 14.6 Å². The highest BCUT2D eigenvalue weighted by Gasteiger charge is 2.31. The first-order valence-electron chi connectivity index (χ1n) is 11.7. The third-order valence-corrected chi connectivity index (χ3v) is 6.62. The molecule has 1 aromatic heterocycles. The van der Waals surface area contributed by atoms with Crippen molar-refractivity contribution in [1.82, 2.24) is 15.2 Å². The number of ether oxygens (including phenoxy) is 1. The summed E-state index contributed by atoms with van der Waals surface area (Å²) in [5.41, 5.74) is 2.08. The highest BCUT2D eigenvalue weighted by Crippen LogP contribution is 2.34. The first-order valence-corrected chi connectivity index (χ1v) is 11.7. The largest absolute Gasteiger partial charge is 0.480 e. The lowest BCUT2D eigenvalue weighted by atomic mass is 9.79. The van der Waals surface area contributed by atoms with Crippen LogP contribution in [-0.4, -0.2) is 64.9 Å². The van der Waals surface area contributed by atoms with E-state index >= 15 is 0 Å². The number of amides is 2. The molecule has 0 aromatic carbocycles. The van der Waals surface area contributed by atoms with Gasteiger partial charge in [-0.05, 0) is 76.8 Å². The number of carbonyl (C=O) groups excluding carboxylic acids is 1. The van der Waals surface area contributed by atoms with Crippen LogP contribution in [0.15, 0.2) is 12.1 Å². The Kier molecular flexibility index (Phi) is 7.98. The monoisotopic (exact) mass is 446 g/mol. The molecule has 0 radical (unpaired) electrons. The summed E-state index contributed by atoms with van der Waals surface area (Å²) in [5.74, 6) is 0.640. The van der Waals surface area contributed by atoms with Gasteiger partial charge in [0.1, 0.15) is 11.9 Å². The topological polar surface area (TPSA) is 104 Å². The Balaban J connectivity index is 1.33. The Bertz CT molecular complexity index is 802. The average Bonchev–Trinajstić information content (AvgIpc) is 2.72. The fraction of sp³-hybridized carbons (Fsp3) is 0.708. The second kappa shape index (κ2) is 10.5. The Hall–Kier alpha value is -2.35. The van der Waals surface area contributed by atoms with Gasteiger partial charge in [0.25, 0.3) is 0 Å². The van der Waals surface area contributed by atoms with E-state index in [1.807, 2.05) is 20.8 Å². The number of nitrogens with one attached hydrogen (secondary N) is 2. The Morgan fingerprint density at radius 3 is 2.78 bits per heavy atom. The molecule has 178 valence electrons. The lowest BCUT2D eigenvalue weighted by Gasteiger charge is -2.35. The van der Waals surface area contributed by atoms with Gasteiger partial charge >= 0.3 is 12.0 Å². The summed E-state index contributed by atoms with van der Waals surface area (Å²) >= 11 is 0. The molecule has 1 saturated carbocycles. The molecule has 0 spiro atoms. The van der Waals surface area contributed by atoms with Gasteiger partial charge in [-0.3, -0.25) is 0 Å². The van der Waals surface area contributed by atoms with Crippen LogP contribution in [0.25, 0.3) is 0 Å². The number of carboxylic acid groups (broad SMARTS) is 1. The number of aryl methyl sites for hydroxylation is 2. The highest BCUT2D eigenvalue weighted by molar-refractivity contribution is 5.82. The first-order chi connectivity index (χ1) is 15.1. The number of aliphatic carboxylic acids is 1. The van der Waals surface area contributed by atoms with E-state index in [2.05, 4.69) is 22.8 Å². The molecule has 0 saturated heterocycles. The molecule has 1 aliphatic heterocycles. The van der Waals surface area contributed by atoms with Gasteiger partial charge in [0, 0.05) is 37.9 Å². The fourth-order valence-electron chi connectivity index (χ4n) is 4.07. The van der Waals surface area contributed by atoms with Crippen LogP contribution in [-0.2, 0) is 22.4 Å². The number of carboxylic acids is 1. The van der Waals surface area contributed by atoms with Crippen molar-refractivity contribution >= 4 is 17.8 Å². The number of carbonyl (C=O) groups is 2. The maximum Gasteiger partial charge on any atom is 0.326 e. The zero-order valence-electron chi connectivity index (χ0n) is 19.8. The van der Waals surface area contributed by atoms with E-state index < -0.39 is 12.0 Å². The van der Waals surface area contributed by atoms with Gasteiger partial charge in [-0.2, -0.15) is 0 Å². The average molecular weight is 447 g/mol. The van der Waals surface area contributed by atoms with Gasteiger partial charge < -0.3 is 25.4 Å². The molecule has 1 unspecified atom stereocenters. The van der Waals surface area contributed by atoms with Gasteiger partial charge in [0.15, 0.2) is 0 Å². The highest BCUT2D eigenvalue weighted by atomic mass is 16.5. The number of nitrogens with zero attached hydrogens (tertiary/aromatic N) is 2. The molecule has 2 aliphatic rings. The minimum atomic E-state index is -1.04.